The lowest BCUT2D eigenvalue weighted by atomic mass is 9.83. The summed E-state index contributed by atoms with van der Waals surface area (Å²) < 4.78 is 42.4. The highest BCUT2D eigenvalue weighted by atomic mass is 19.4. The van der Waals surface area contributed by atoms with Gasteiger partial charge >= 0.3 is 12.1 Å². The van der Waals surface area contributed by atoms with Crippen LogP contribution in [-0.2, 0) is 9.53 Å². The molecule has 1 aliphatic carbocycles. The average Bonchev–Trinajstić information content (AvgIpc) is 3.03. The molecule has 0 N–H and O–H groups in total. The number of carbonyl (C=O) groups is 1. The Bertz CT molecular complexity index is 587. The lowest BCUT2D eigenvalue weighted by Crippen LogP contribution is -2.56. The highest BCUT2D eigenvalue weighted by Crippen LogP contribution is 2.36. The number of nitrogens with zero attached hydrogens (tertiary/aromatic N) is 4. The van der Waals surface area contributed by atoms with Gasteiger partial charge in [-0.1, -0.05) is 19.8 Å². The van der Waals surface area contributed by atoms with Gasteiger partial charge in [-0.3, -0.25) is 0 Å². The fraction of sp³-hybridized carbons (Fsp3) is 0.882. The van der Waals surface area contributed by atoms with Crippen LogP contribution in [0.4, 0.5) is 13.2 Å². The maximum atomic E-state index is 12.6. The van der Waals surface area contributed by atoms with E-state index < -0.39 is 24.0 Å². The molecule has 0 bridgehead atoms. The summed E-state index contributed by atoms with van der Waals surface area (Å²) in [7, 11) is 0. The predicted octanol–water partition coefficient (Wildman–Crippen LogP) is 3.56. The second-order valence-corrected chi connectivity index (χ2v) is 7.54. The summed E-state index contributed by atoms with van der Waals surface area (Å²) in [6.45, 7) is 4.36. The zero-order valence-corrected chi connectivity index (χ0v) is 15.5. The second kappa shape index (κ2) is 8.42. The van der Waals surface area contributed by atoms with Crippen molar-refractivity contribution in [3.05, 3.63) is 4.91 Å². The first-order valence-electron chi connectivity index (χ1n) is 9.21. The smallest absolute Gasteiger partial charge is 0.423 e. The van der Waals surface area contributed by atoms with Crippen LogP contribution in [-0.4, -0.2) is 47.0 Å². The van der Waals surface area contributed by atoms with Gasteiger partial charge in [-0.15, -0.1) is 4.91 Å². The van der Waals surface area contributed by atoms with Gasteiger partial charge in [0, 0.05) is 19.5 Å². The number of likely N-dealkylation sites (tertiary alicyclic amines) is 1. The second-order valence-electron chi connectivity index (χ2n) is 7.54. The van der Waals surface area contributed by atoms with Gasteiger partial charge < -0.3 is 4.74 Å². The molecule has 152 valence electrons. The van der Waals surface area contributed by atoms with Gasteiger partial charge in [0.1, 0.15) is 12.2 Å². The zero-order valence-electron chi connectivity index (χ0n) is 15.5. The van der Waals surface area contributed by atoms with Crippen molar-refractivity contribution in [3.8, 4) is 6.07 Å². The molecule has 1 saturated heterocycles. The highest BCUT2D eigenvalue weighted by Gasteiger charge is 2.53. The third kappa shape index (κ3) is 4.89. The molecular weight excluding hydrogens is 365 g/mol. The fourth-order valence-electron chi connectivity index (χ4n) is 3.96. The summed E-state index contributed by atoms with van der Waals surface area (Å²) in [5.74, 6) is -1.50. The minimum absolute atomic E-state index is 0.0523. The standard InChI is InChI=1S/C17H25F3N4O3/c1-12-4-6-14(7-5-12)10-24(22-26)13(2)23-9-3-8-16(23,11-21)27-15(25)17(18,19)20/h12-14H,3-10H2,1-2H3. The van der Waals surface area contributed by atoms with E-state index in [0.29, 0.717) is 18.9 Å². The summed E-state index contributed by atoms with van der Waals surface area (Å²) in [6.07, 6.45) is -1.62. The van der Waals surface area contributed by atoms with Gasteiger partial charge in [0.15, 0.2) is 0 Å². The van der Waals surface area contributed by atoms with E-state index in [0.717, 1.165) is 25.7 Å². The summed E-state index contributed by atoms with van der Waals surface area (Å²) in [6, 6.07) is 1.71. The first-order valence-corrected chi connectivity index (χ1v) is 9.21. The number of nitroso groups, excluding NO2 is 1. The molecule has 1 aliphatic heterocycles. The molecule has 0 spiro atoms. The first-order chi connectivity index (χ1) is 12.6. The normalized spacial score (nSPS) is 30.4. The number of halogens is 3. The van der Waals surface area contributed by atoms with E-state index in [-0.39, 0.29) is 18.9 Å². The number of carbonyl (C=O) groups excluding carboxylic acids is 1. The van der Waals surface area contributed by atoms with Crippen LogP contribution >= 0.6 is 0 Å². The maximum absolute atomic E-state index is 12.6. The molecule has 2 atom stereocenters. The SMILES string of the molecule is CC1CCC(CN(N=O)C(C)N2CCCC2(C#N)OC(=O)C(F)(F)F)CC1. The maximum Gasteiger partial charge on any atom is 0.491 e. The van der Waals surface area contributed by atoms with Gasteiger partial charge in [0.2, 0.25) is 0 Å². The Hall–Kier alpha value is -1.89. The molecule has 2 rings (SSSR count). The van der Waals surface area contributed by atoms with E-state index >= 15 is 0 Å². The van der Waals surface area contributed by atoms with Crippen LogP contribution in [0, 0.1) is 28.1 Å². The first kappa shape index (κ1) is 21.4. The van der Waals surface area contributed by atoms with Crippen LogP contribution in [0.5, 0.6) is 0 Å². The van der Waals surface area contributed by atoms with Crippen molar-refractivity contribution in [3.63, 3.8) is 0 Å². The van der Waals surface area contributed by atoms with Crippen molar-refractivity contribution in [2.24, 2.45) is 17.1 Å². The fourth-order valence-corrected chi connectivity index (χ4v) is 3.96. The monoisotopic (exact) mass is 390 g/mol. The van der Waals surface area contributed by atoms with Crippen molar-refractivity contribution in [2.75, 3.05) is 13.1 Å². The number of esters is 1. The van der Waals surface area contributed by atoms with Gasteiger partial charge in [-0.2, -0.15) is 18.4 Å². The van der Waals surface area contributed by atoms with Crippen LogP contribution in [0.3, 0.4) is 0 Å². The quantitative estimate of drug-likeness (QED) is 0.392. The minimum atomic E-state index is -5.19. The molecule has 0 aromatic heterocycles. The van der Waals surface area contributed by atoms with E-state index in [1.54, 1.807) is 13.0 Å². The molecular formula is C17H25F3N4O3. The van der Waals surface area contributed by atoms with Crippen molar-refractivity contribution in [2.45, 2.75) is 70.4 Å². The number of ether oxygens (including phenoxy) is 1. The van der Waals surface area contributed by atoms with Crippen molar-refractivity contribution in [1.82, 2.24) is 9.91 Å². The average molecular weight is 390 g/mol. The number of alkyl halides is 3. The summed E-state index contributed by atoms with van der Waals surface area (Å²) in [5, 5.41) is 13.8. The van der Waals surface area contributed by atoms with Crippen LogP contribution in [0.25, 0.3) is 0 Å². The third-order valence-corrected chi connectivity index (χ3v) is 5.61. The number of hydrogen-bond acceptors (Lipinski definition) is 6. The van der Waals surface area contributed by atoms with Gasteiger partial charge in [0.05, 0.1) is 5.29 Å². The Morgan fingerprint density at radius 2 is 2.04 bits per heavy atom. The van der Waals surface area contributed by atoms with Crippen molar-refractivity contribution < 1.29 is 22.7 Å². The Kier molecular flexibility index (Phi) is 6.68. The van der Waals surface area contributed by atoms with Crippen molar-refractivity contribution in [1.29, 1.82) is 5.26 Å². The Balaban J connectivity index is 2.11. The summed E-state index contributed by atoms with van der Waals surface area (Å²) in [4.78, 5) is 24.0. The van der Waals surface area contributed by atoms with Crippen LogP contribution in [0.1, 0.15) is 52.4 Å². The molecule has 0 aromatic rings. The van der Waals surface area contributed by atoms with Gasteiger partial charge in [-0.25, -0.2) is 14.7 Å². The molecule has 2 unspecified atom stereocenters. The molecule has 0 radical (unpaired) electrons. The number of nitriles is 1. The van der Waals surface area contributed by atoms with Crippen LogP contribution in [0.15, 0.2) is 5.29 Å². The molecule has 7 nitrogen and oxygen atoms in total. The topological polar surface area (TPSA) is 86.0 Å². The number of rotatable bonds is 6. The highest BCUT2D eigenvalue weighted by molar-refractivity contribution is 5.76. The number of hydrogen-bond donors (Lipinski definition) is 0. The molecule has 10 heteroatoms. The minimum Gasteiger partial charge on any atom is -0.423 e. The Morgan fingerprint density at radius 3 is 2.56 bits per heavy atom. The lowest BCUT2D eigenvalue weighted by Gasteiger charge is -2.40. The molecule has 2 fully saturated rings. The molecule has 1 heterocycles. The third-order valence-electron chi connectivity index (χ3n) is 5.61. The zero-order chi connectivity index (χ0) is 20.2. The van der Waals surface area contributed by atoms with E-state index in [1.807, 2.05) is 0 Å². The van der Waals surface area contributed by atoms with E-state index in [1.165, 1.54) is 9.91 Å². The largest absolute Gasteiger partial charge is 0.491 e. The summed E-state index contributed by atoms with van der Waals surface area (Å²) in [5.41, 5.74) is -2.05. The Labute approximate surface area is 156 Å². The van der Waals surface area contributed by atoms with Crippen LogP contribution in [0.2, 0.25) is 0 Å². The Morgan fingerprint density at radius 1 is 1.41 bits per heavy atom. The molecule has 0 amide bonds. The van der Waals surface area contributed by atoms with E-state index in [9.17, 15) is 28.1 Å². The molecule has 1 saturated carbocycles. The molecule has 0 aromatic carbocycles. The van der Waals surface area contributed by atoms with Crippen LogP contribution < -0.4 is 0 Å². The molecule has 27 heavy (non-hydrogen) atoms. The van der Waals surface area contributed by atoms with Crippen molar-refractivity contribution >= 4 is 5.97 Å². The molecule has 2 aliphatic rings. The van der Waals surface area contributed by atoms with E-state index in [2.05, 4.69) is 16.9 Å². The lowest BCUT2D eigenvalue weighted by molar-refractivity contribution is -0.224. The summed E-state index contributed by atoms with van der Waals surface area (Å²) >= 11 is 0. The van der Waals surface area contributed by atoms with Gasteiger partial charge in [0.25, 0.3) is 5.72 Å². The predicted molar refractivity (Wildman–Crippen MR) is 89.5 cm³/mol. The van der Waals surface area contributed by atoms with E-state index in [4.69, 9.17) is 0 Å². The van der Waals surface area contributed by atoms with Gasteiger partial charge in [-0.05, 0) is 38.0 Å².